The Balaban J connectivity index is 2.10. The highest BCUT2D eigenvalue weighted by Crippen LogP contribution is 2.33. The molecule has 0 bridgehead atoms. The van der Waals surface area contributed by atoms with Crippen molar-refractivity contribution in [3.8, 4) is 0 Å². The molecule has 2 aromatic carbocycles. The second-order valence-electron chi connectivity index (χ2n) is 4.57. The fourth-order valence-corrected chi connectivity index (χ4v) is 2.88. The van der Waals surface area contributed by atoms with Crippen molar-refractivity contribution in [3.63, 3.8) is 0 Å². The summed E-state index contributed by atoms with van der Waals surface area (Å²) in [5.41, 5.74) is 8.90. The van der Waals surface area contributed by atoms with E-state index in [1.54, 1.807) is 18.3 Å². The van der Waals surface area contributed by atoms with Crippen LogP contribution in [0.5, 0.6) is 0 Å². The van der Waals surface area contributed by atoms with Gasteiger partial charge in [-0.25, -0.2) is 0 Å². The average Bonchev–Trinajstić information content (AvgIpc) is 2.46. The summed E-state index contributed by atoms with van der Waals surface area (Å²) in [6.07, 6.45) is 1.76. The molecular weight excluding hydrogens is 291 g/mol. The van der Waals surface area contributed by atoms with E-state index in [4.69, 9.17) is 28.9 Å². The van der Waals surface area contributed by atoms with E-state index in [0.717, 1.165) is 22.0 Å². The van der Waals surface area contributed by atoms with Gasteiger partial charge in [0.15, 0.2) is 0 Å². The first-order valence-electron chi connectivity index (χ1n) is 6.21. The van der Waals surface area contributed by atoms with Gasteiger partial charge < -0.3 is 5.73 Å². The highest BCUT2D eigenvalue weighted by atomic mass is 35.5. The maximum atomic E-state index is 6.31. The molecule has 2 nitrogen and oxygen atoms in total. The molecule has 0 fully saturated rings. The number of halogens is 2. The lowest BCUT2D eigenvalue weighted by molar-refractivity contribution is 0.873. The molecule has 0 aliphatic carbocycles. The molecule has 0 radical (unpaired) electrons. The van der Waals surface area contributed by atoms with Crippen LogP contribution in [0.4, 0.5) is 0 Å². The van der Waals surface area contributed by atoms with E-state index in [2.05, 4.69) is 4.98 Å². The fourth-order valence-electron chi connectivity index (χ4n) is 2.25. The largest absolute Gasteiger partial charge is 0.320 e. The monoisotopic (exact) mass is 302 g/mol. The molecule has 1 unspecified atom stereocenters. The minimum absolute atomic E-state index is 0.373. The van der Waals surface area contributed by atoms with E-state index in [9.17, 15) is 0 Å². The van der Waals surface area contributed by atoms with Crippen LogP contribution >= 0.6 is 23.2 Å². The molecule has 4 heteroatoms. The average molecular weight is 303 g/mol. The van der Waals surface area contributed by atoms with Gasteiger partial charge in [-0.1, -0.05) is 47.5 Å². The molecule has 3 rings (SSSR count). The van der Waals surface area contributed by atoms with Crippen LogP contribution < -0.4 is 5.73 Å². The minimum Gasteiger partial charge on any atom is -0.320 e. The molecule has 1 atom stereocenters. The van der Waals surface area contributed by atoms with Gasteiger partial charge in [-0.15, -0.1) is 0 Å². The van der Waals surface area contributed by atoms with E-state index in [1.807, 2.05) is 36.4 Å². The number of pyridine rings is 1. The van der Waals surface area contributed by atoms with Gasteiger partial charge in [-0.05, 0) is 29.8 Å². The molecule has 0 saturated heterocycles. The number of hydrogen-bond donors (Lipinski definition) is 1. The van der Waals surface area contributed by atoms with Crippen molar-refractivity contribution in [1.29, 1.82) is 0 Å². The lowest BCUT2D eigenvalue weighted by atomic mass is 9.98. The van der Waals surface area contributed by atoms with Crippen LogP contribution in [0.3, 0.4) is 0 Å². The van der Waals surface area contributed by atoms with Gasteiger partial charge in [0.1, 0.15) is 0 Å². The van der Waals surface area contributed by atoms with Crippen LogP contribution in [0, 0.1) is 0 Å². The summed E-state index contributed by atoms with van der Waals surface area (Å²) in [7, 11) is 0. The third kappa shape index (κ3) is 2.38. The molecule has 0 aliphatic rings. The number of hydrogen-bond acceptors (Lipinski definition) is 2. The van der Waals surface area contributed by atoms with Crippen LogP contribution in [-0.4, -0.2) is 4.98 Å². The lowest BCUT2D eigenvalue weighted by Crippen LogP contribution is -2.13. The Morgan fingerprint density at radius 3 is 2.45 bits per heavy atom. The summed E-state index contributed by atoms with van der Waals surface area (Å²) in [5.74, 6) is 0. The van der Waals surface area contributed by atoms with Crippen LogP contribution in [0.15, 0.2) is 54.7 Å². The maximum Gasteiger partial charge on any atom is 0.0705 e. The number of nitrogens with zero attached hydrogens (tertiary/aromatic N) is 1. The molecular formula is C16H12Cl2N2. The van der Waals surface area contributed by atoms with Crippen LogP contribution in [0.1, 0.15) is 17.2 Å². The second kappa shape index (κ2) is 5.41. The van der Waals surface area contributed by atoms with Crippen molar-refractivity contribution in [2.24, 2.45) is 5.73 Å². The zero-order valence-corrected chi connectivity index (χ0v) is 12.1. The van der Waals surface area contributed by atoms with Crippen molar-refractivity contribution in [1.82, 2.24) is 4.98 Å². The lowest BCUT2D eigenvalue weighted by Gasteiger charge is -2.16. The van der Waals surface area contributed by atoms with Gasteiger partial charge in [0.2, 0.25) is 0 Å². The zero-order valence-electron chi connectivity index (χ0n) is 10.6. The number of benzene rings is 2. The normalized spacial score (nSPS) is 12.6. The Kier molecular flexibility index (Phi) is 3.62. The predicted octanol–water partition coefficient (Wildman–Crippen LogP) is 4.59. The molecule has 3 aromatic rings. The molecule has 0 amide bonds. The summed E-state index contributed by atoms with van der Waals surface area (Å²) in [4.78, 5) is 4.34. The van der Waals surface area contributed by atoms with Gasteiger partial charge in [0.25, 0.3) is 0 Å². The molecule has 100 valence electrons. The molecule has 0 saturated carbocycles. The molecule has 20 heavy (non-hydrogen) atoms. The van der Waals surface area contributed by atoms with Crippen LogP contribution in [-0.2, 0) is 0 Å². The van der Waals surface area contributed by atoms with E-state index < -0.39 is 0 Å². The first-order valence-corrected chi connectivity index (χ1v) is 6.96. The van der Waals surface area contributed by atoms with Crippen molar-refractivity contribution in [2.45, 2.75) is 6.04 Å². The fraction of sp³-hybridized carbons (Fsp3) is 0.0625. The third-order valence-corrected chi connectivity index (χ3v) is 3.96. The van der Waals surface area contributed by atoms with Gasteiger partial charge in [-0.3, -0.25) is 4.98 Å². The van der Waals surface area contributed by atoms with E-state index in [-0.39, 0.29) is 6.04 Å². The van der Waals surface area contributed by atoms with Crippen LogP contribution in [0.2, 0.25) is 10.0 Å². The van der Waals surface area contributed by atoms with Gasteiger partial charge in [-0.2, -0.15) is 0 Å². The van der Waals surface area contributed by atoms with Gasteiger partial charge in [0, 0.05) is 27.2 Å². The number of rotatable bonds is 2. The standard InChI is InChI=1S/C16H12Cl2N2/c17-12-4-1-5-13(18)15(12)16(19)11-7-6-10-3-2-8-20-14(10)9-11/h1-9,16H,19H2. The van der Waals surface area contributed by atoms with Gasteiger partial charge in [0.05, 0.1) is 11.6 Å². The molecule has 1 heterocycles. The van der Waals surface area contributed by atoms with Crippen molar-refractivity contribution in [3.05, 3.63) is 75.9 Å². The highest BCUT2D eigenvalue weighted by Gasteiger charge is 2.16. The van der Waals surface area contributed by atoms with Crippen molar-refractivity contribution < 1.29 is 0 Å². The Hall–Kier alpha value is -1.61. The SMILES string of the molecule is NC(c1ccc2cccnc2c1)c1c(Cl)cccc1Cl. The molecule has 0 spiro atoms. The second-order valence-corrected chi connectivity index (χ2v) is 5.38. The maximum absolute atomic E-state index is 6.31. The van der Waals surface area contributed by atoms with Gasteiger partial charge >= 0.3 is 0 Å². The molecule has 1 aromatic heterocycles. The Morgan fingerprint density at radius 1 is 0.950 bits per heavy atom. The number of fused-ring (bicyclic) bond motifs is 1. The summed E-state index contributed by atoms with van der Waals surface area (Å²) < 4.78 is 0. The van der Waals surface area contributed by atoms with Crippen molar-refractivity contribution >= 4 is 34.1 Å². The predicted molar refractivity (Wildman–Crippen MR) is 84.2 cm³/mol. The summed E-state index contributed by atoms with van der Waals surface area (Å²) in [6, 6.07) is 14.9. The Labute approximate surface area is 127 Å². The Morgan fingerprint density at radius 2 is 1.70 bits per heavy atom. The summed E-state index contributed by atoms with van der Waals surface area (Å²) in [5, 5.41) is 2.23. The molecule has 2 N–H and O–H groups in total. The first kappa shape index (κ1) is 13.4. The van der Waals surface area contributed by atoms with E-state index >= 15 is 0 Å². The number of aromatic nitrogens is 1. The smallest absolute Gasteiger partial charge is 0.0705 e. The quantitative estimate of drug-likeness (QED) is 0.752. The van der Waals surface area contributed by atoms with Crippen molar-refractivity contribution in [2.75, 3.05) is 0 Å². The minimum atomic E-state index is -0.373. The third-order valence-electron chi connectivity index (χ3n) is 3.30. The summed E-state index contributed by atoms with van der Waals surface area (Å²) in [6.45, 7) is 0. The molecule has 0 aliphatic heterocycles. The van der Waals surface area contributed by atoms with Crippen LogP contribution in [0.25, 0.3) is 10.9 Å². The Bertz CT molecular complexity index is 751. The first-order chi connectivity index (χ1) is 9.66. The highest BCUT2D eigenvalue weighted by molar-refractivity contribution is 6.36. The number of nitrogens with two attached hydrogens (primary N) is 1. The van der Waals surface area contributed by atoms with E-state index in [0.29, 0.717) is 10.0 Å². The summed E-state index contributed by atoms with van der Waals surface area (Å²) >= 11 is 12.4. The van der Waals surface area contributed by atoms with E-state index in [1.165, 1.54) is 0 Å². The topological polar surface area (TPSA) is 38.9 Å². The zero-order chi connectivity index (χ0) is 14.1.